The van der Waals surface area contributed by atoms with Crippen molar-refractivity contribution in [3.63, 3.8) is 0 Å². The van der Waals surface area contributed by atoms with E-state index in [1.807, 2.05) is 12.1 Å². The highest BCUT2D eigenvalue weighted by atomic mass is 16.1. The smallest absolute Gasteiger partial charge is 0.251 e. The van der Waals surface area contributed by atoms with E-state index in [-0.39, 0.29) is 5.91 Å². The lowest BCUT2D eigenvalue weighted by atomic mass is 9.99. The highest BCUT2D eigenvalue weighted by Gasteiger charge is 2.16. The Labute approximate surface area is 187 Å². The van der Waals surface area contributed by atoms with Crippen molar-refractivity contribution in [2.45, 2.75) is 58.7 Å². The van der Waals surface area contributed by atoms with E-state index in [1.165, 1.54) is 75.0 Å². The first-order chi connectivity index (χ1) is 15.2. The minimum absolute atomic E-state index is 0.000203. The third-order valence-electron chi connectivity index (χ3n) is 6.80. The van der Waals surface area contributed by atoms with Gasteiger partial charge in [-0.25, -0.2) is 0 Å². The maximum absolute atomic E-state index is 12.6. The van der Waals surface area contributed by atoms with Crippen LogP contribution >= 0.6 is 0 Å². The Hall–Kier alpha value is -2.17. The van der Waals surface area contributed by atoms with Crippen molar-refractivity contribution in [3.8, 4) is 0 Å². The molecular weight excluding hydrogens is 382 g/mol. The average Bonchev–Trinajstić information content (AvgIpc) is 2.80. The molecule has 2 aliphatic heterocycles. The molecule has 4 rings (SSSR count). The maximum Gasteiger partial charge on any atom is 0.251 e. The fourth-order valence-electron chi connectivity index (χ4n) is 4.74. The number of benzene rings is 2. The zero-order valence-corrected chi connectivity index (χ0v) is 19.0. The van der Waals surface area contributed by atoms with Crippen LogP contribution in [-0.2, 0) is 19.6 Å². The Balaban J connectivity index is 1.26. The van der Waals surface area contributed by atoms with E-state index < -0.39 is 0 Å². The van der Waals surface area contributed by atoms with Gasteiger partial charge >= 0.3 is 0 Å². The normalized spacial score (nSPS) is 18.7. The van der Waals surface area contributed by atoms with Gasteiger partial charge in [0.25, 0.3) is 5.91 Å². The van der Waals surface area contributed by atoms with Crippen LogP contribution in [0.1, 0.15) is 66.1 Å². The van der Waals surface area contributed by atoms with Crippen LogP contribution in [0.2, 0.25) is 0 Å². The number of rotatable bonds is 7. The summed E-state index contributed by atoms with van der Waals surface area (Å²) in [6.07, 6.45) is 6.57. The van der Waals surface area contributed by atoms with Crippen LogP contribution in [0.4, 0.5) is 0 Å². The van der Waals surface area contributed by atoms with E-state index in [9.17, 15) is 4.79 Å². The van der Waals surface area contributed by atoms with Gasteiger partial charge < -0.3 is 5.32 Å². The zero-order valence-electron chi connectivity index (χ0n) is 19.0. The summed E-state index contributed by atoms with van der Waals surface area (Å²) in [7, 11) is 0. The van der Waals surface area contributed by atoms with Crippen LogP contribution < -0.4 is 5.32 Å². The Morgan fingerprint density at radius 2 is 1.48 bits per heavy atom. The molecular formula is C27H37N3O. The van der Waals surface area contributed by atoms with E-state index in [1.54, 1.807) is 0 Å². The molecule has 31 heavy (non-hydrogen) atoms. The van der Waals surface area contributed by atoms with Crippen LogP contribution in [-0.4, -0.2) is 41.9 Å². The monoisotopic (exact) mass is 419 g/mol. The fraction of sp³-hybridized carbons (Fsp3) is 0.519. The van der Waals surface area contributed by atoms with Crippen LogP contribution in [0.5, 0.6) is 0 Å². The molecule has 2 aromatic rings. The number of nitrogens with zero attached hydrogens (tertiary/aromatic N) is 2. The number of carbonyl (C=O) groups excluding carboxylic acids is 1. The molecule has 1 amide bonds. The molecule has 1 N–H and O–H groups in total. The van der Waals surface area contributed by atoms with E-state index in [0.717, 1.165) is 24.6 Å². The number of hydrogen-bond acceptors (Lipinski definition) is 3. The van der Waals surface area contributed by atoms with E-state index in [4.69, 9.17) is 0 Å². The molecule has 2 heterocycles. The first-order valence-electron chi connectivity index (χ1n) is 12.1. The van der Waals surface area contributed by atoms with Gasteiger partial charge in [-0.3, -0.25) is 14.6 Å². The van der Waals surface area contributed by atoms with Gasteiger partial charge in [-0.05, 0) is 86.6 Å². The lowest BCUT2D eigenvalue weighted by Crippen LogP contribution is -2.32. The molecule has 0 unspecified atom stereocenters. The van der Waals surface area contributed by atoms with Gasteiger partial charge in [0, 0.05) is 25.2 Å². The van der Waals surface area contributed by atoms with Crippen LogP contribution in [0.3, 0.4) is 0 Å². The summed E-state index contributed by atoms with van der Waals surface area (Å²) in [5, 5.41) is 3.09. The van der Waals surface area contributed by atoms with Gasteiger partial charge in [-0.15, -0.1) is 0 Å². The van der Waals surface area contributed by atoms with Gasteiger partial charge in [-0.2, -0.15) is 0 Å². The summed E-state index contributed by atoms with van der Waals surface area (Å²) in [4.78, 5) is 17.7. The van der Waals surface area contributed by atoms with E-state index in [2.05, 4.69) is 58.4 Å². The Morgan fingerprint density at radius 1 is 0.839 bits per heavy atom. The van der Waals surface area contributed by atoms with Crippen molar-refractivity contribution in [1.82, 2.24) is 15.1 Å². The molecule has 4 nitrogen and oxygen atoms in total. The molecule has 0 bridgehead atoms. The third-order valence-corrected chi connectivity index (χ3v) is 6.80. The first kappa shape index (κ1) is 22.0. The van der Waals surface area contributed by atoms with Crippen molar-refractivity contribution in [1.29, 1.82) is 0 Å². The average molecular weight is 420 g/mol. The largest absolute Gasteiger partial charge is 0.348 e. The topological polar surface area (TPSA) is 35.6 Å². The second-order valence-corrected chi connectivity index (χ2v) is 9.50. The predicted octanol–water partition coefficient (Wildman–Crippen LogP) is 4.83. The van der Waals surface area contributed by atoms with Gasteiger partial charge in [0.15, 0.2) is 0 Å². The Bertz CT molecular complexity index is 834. The van der Waals surface area contributed by atoms with Gasteiger partial charge in [-0.1, -0.05) is 49.7 Å². The van der Waals surface area contributed by atoms with Crippen molar-refractivity contribution < 1.29 is 4.79 Å². The van der Waals surface area contributed by atoms with Crippen LogP contribution in [0, 0.1) is 5.92 Å². The molecule has 0 aliphatic carbocycles. The molecule has 166 valence electrons. The van der Waals surface area contributed by atoms with E-state index >= 15 is 0 Å². The lowest BCUT2D eigenvalue weighted by molar-refractivity contribution is 0.0951. The summed E-state index contributed by atoms with van der Waals surface area (Å²) >= 11 is 0. The fourth-order valence-corrected chi connectivity index (χ4v) is 4.74. The number of nitrogens with one attached hydrogen (secondary N) is 1. The molecule has 2 saturated heterocycles. The summed E-state index contributed by atoms with van der Waals surface area (Å²) in [6.45, 7) is 9.68. The molecule has 4 heteroatoms. The zero-order chi connectivity index (χ0) is 21.5. The van der Waals surface area contributed by atoms with E-state index in [0.29, 0.717) is 6.54 Å². The van der Waals surface area contributed by atoms with Crippen molar-refractivity contribution in [3.05, 3.63) is 70.8 Å². The second-order valence-electron chi connectivity index (χ2n) is 9.50. The van der Waals surface area contributed by atoms with Gasteiger partial charge in [0.05, 0.1) is 0 Å². The number of hydrogen-bond donors (Lipinski definition) is 1. The number of piperidine rings is 2. The SMILES string of the molecule is CC1CCN(Cc2ccc(C(=O)NCc3cccc(CN4CCCCC4)c3)cc2)CC1. The van der Waals surface area contributed by atoms with Crippen molar-refractivity contribution in [2.75, 3.05) is 26.2 Å². The number of carbonyl (C=O) groups is 1. The molecule has 0 saturated carbocycles. The molecule has 2 fully saturated rings. The highest BCUT2D eigenvalue weighted by Crippen LogP contribution is 2.18. The highest BCUT2D eigenvalue weighted by molar-refractivity contribution is 5.94. The second kappa shape index (κ2) is 10.9. The van der Waals surface area contributed by atoms with Crippen molar-refractivity contribution in [2.24, 2.45) is 5.92 Å². The van der Waals surface area contributed by atoms with Crippen molar-refractivity contribution >= 4 is 5.91 Å². The molecule has 2 aliphatic rings. The van der Waals surface area contributed by atoms with Gasteiger partial charge in [0.2, 0.25) is 0 Å². The molecule has 0 atom stereocenters. The Kier molecular flexibility index (Phi) is 7.76. The minimum atomic E-state index is -0.000203. The van der Waals surface area contributed by atoms with Gasteiger partial charge in [0.1, 0.15) is 0 Å². The van der Waals surface area contributed by atoms with Crippen LogP contribution in [0.15, 0.2) is 48.5 Å². The summed E-state index contributed by atoms with van der Waals surface area (Å²) in [5.41, 5.74) is 4.53. The molecule has 0 aromatic heterocycles. The standard InChI is InChI=1S/C27H37N3O/c1-22-12-16-30(17-13-22)20-23-8-10-26(11-9-23)27(31)28-19-24-6-5-7-25(18-24)21-29-14-3-2-4-15-29/h5-11,18,22H,2-4,12-17,19-21H2,1H3,(H,28,31). The minimum Gasteiger partial charge on any atom is -0.348 e. The number of amides is 1. The number of likely N-dealkylation sites (tertiary alicyclic amines) is 2. The molecule has 0 spiro atoms. The lowest BCUT2D eigenvalue weighted by Gasteiger charge is -2.30. The molecule has 0 radical (unpaired) electrons. The molecule has 2 aromatic carbocycles. The third kappa shape index (κ3) is 6.65. The maximum atomic E-state index is 12.6. The predicted molar refractivity (Wildman–Crippen MR) is 127 cm³/mol. The Morgan fingerprint density at radius 3 is 2.23 bits per heavy atom. The summed E-state index contributed by atoms with van der Waals surface area (Å²) in [5.74, 6) is 0.854. The quantitative estimate of drug-likeness (QED) is 0.698. The first-order valence-corrected chi connectivity index (χ1v) is 12.1. The summed E-state index contributed by atoms with van der Waals surface area (Å²) in [6, 6.07) is 16.8. The van der Waals surface area contributed by atoms with Crippen LogP contribution in [0.25, 0.3) is 0 Å². The summed E-state index contributed by atoms with van der Waals surface area (Å²) < 4.78 is 0.